The van der Waals surface area contributed by atoms with Crippen molar-refractivity contribution in [2.24, 2.45) is 5.92 Å². The number of ether oxygens (including phenoxy) is 1. The molecule has 5 heteroatoms. The summed E-state index contributed by atoms with van der Waals surface area (Å²) in [5.41, 5.74) is 0.886. The number of aliphatic hydroxyl groups is 1. The Morgan fingerprint density at radius 2 is 1.83 bits per heavy atom. The van der Waals surface area contributed by atoms with Crippen LogP contribution in [0.4, 0.5) is 0 Å². The molecule has 1 aliphatic heterocycles. The zero-order valence-corrected chi connectivity index (χ0v) is 17.0. The lowest BCUT2D eigenvalue weighted by Gasteiger charge is -2.34. The molecule has 0 aliphatic carbocycles. The van der Waals surface area contributed by atoms with Gasteiger partial charge in [0.1, 0.15) is 17.2 Å². The summed E-state index contributed by atoms with van der Waals surface area (Å²) in [6, 6.07) is 17.4. The van der Waals surface area contributed by atoms with E-state index in [1.807, 2.05) is 73.3 Å². The zero-order chi connectivity index (χ0) is 20.4. The molecular weight excluding hydrogens is 364 g/mol. The van der Waals surface area contributed by atoms with Crippen molar-refractivity contribution >= 4 is 16.8 Å². The molecule has 1 aliphatic rings. The minimum atomic E-state index is -0.645. The summed E-state index contributed by atoms with van der Waals surface area (Å²) in [5.74, 6) is 2.04. The number of piperidine rings is 1. The molecule has 1 amide bonds. The fourth-order valence-electron chi connectivity index (χ4n) is 4.13. The number of benzene rings is 2. The summed E-state index contributed by atoms with van der Waals surface area (Å²) in [4.78, 5) is 18.1. The second kappa shape index (κ2) is 7.91. The third kappa shape index (κ3) is 4.80. The van der Waals surface area contributed by atoms with E-state index in [2.05, 4.69) is 4.98 Å². The number of carbonyl (C=O) groups is 1. The molecule has 3 aromatic rings. The summed E-state index contributed by atoms with van der Waals surface area (Å²) < 4.78 is 5.89. The van der Waals surface area contributed by atoms with Crippen molar-refractivity contribution in [3.63, 3.8) is 0 Å². The van der Waals surface area contributed by atoms with Gasteiger partial charge in [0.2, 0.25) is 0 Å². The molecule has 1 fully saturated rings. The van der Waals surface area contributed by atoms with Crippen molar-refractivity contribution in [2.75, 3.05) is 13.1 Å². The molecule has 0 atom stereocenters. The quantitative estimate of drug-likeness (QED) is 0.644. The Morgan fingerprint density at radius 1 is 1.10 bits per heavy atom. The third-order valence-corrected chi connectivity index (χ3v) is 5.49. The van der Waals surface area contributed by atoms with E-state index >= 15 is 0 Å². The van der Waals surface area contributed by atoms with E-state index in [0.717, 1.165) is 54.8 Å². The molecule has 0 spiro atoms. The lowest BCUT2D eigenvalue weighted by Crippen LogP contribution is -2.40. The monoisotopic (exact) mass is 392 g/mol. The molecule has 0 unspecified atom stereocenters. The van der Waals surface area contributed by atoms with Crippen LogP contribution in [0.2, 0.25) is 0 Å². The smallest absolute Gasteiger partial charge is 0.270 e. The molecule has 2 N–H and O–H groups in total. The topological polar surface area (TPSA) is 65.6 Å². The maximum absolute atomic E-state index is 13.0. The summed E-state index contributed by atoms with van der Waals surface area (Å²) in [5, 5.41) is 11.0. The van der Waals surface area contributed by atoms with Crippen molar-refractivity contribution in [2.45, 2.75) is 38.7 Å². The predicted octanol–water partition coefficient (Wildman–Crippen LogP) is 4.97. The first-order valence-corrected chi connectivity index (χ1v) is 10.2. The van der Waals surface area contributed by atoms with Gasteiger partial charge in [0.25, 0.3) is 5.91 Å². The van der Waals surface area contributed by atoms with Gasteiger partial charge in [0, 0.05) is 24.0 Å². The number of H-pyrrole nitrogens is 1. The van der Waals surface area contributed by atoms with Crippen molar-refractivity contribution in [1.29, 1.82) is 0 Å². The molecule has 1 saturated heterocycles. The van der Waals surface area contributed by atoms with Gasteiger partial charge in [0.15, 0.2) is 0 Å². The normalized spacial score (nSPS) is 15.6. The van der Waals surface area contributed by atoms with Gasteiger partial charge in [-0.25, -0.2) is 0 Å². The minimum absolute atomic E-state index is 0.0356. The van der Waals surface area contributed by atoms with E-state index in [-0.39, 0.29) is 5.91 Å². The molecule has 0 saturated carbocycles. The Kier molecular flexibility index (Phi) is 5.33. The van der Waals surface area contributed by atoms with Crippen LogP contribution in [-0.2, 0) is 0 Å². The van der Waals surface area contributed by atoms with E-state index in [4.69, 9.17) is 4.74 Å². The average Bonchev–Trinajstić information content (AvgIpc) is 3.11. The highest BCUT2D eigenvalue weighted by molar-refractivity contribution is 5.98. The van der Waals surface area contributed by atoms with Gasteiger partial charge in [-0.15, -0.1) is 0 Å². The van der Waals surface area contributed by atoms with Gasteiger partial charge >= 0.3 is 0 Å². The maximum atomic E-state index is 13.0. The predicted molar refractivity (Wildman–Crippen MR) is 114 cm³/mol. The van der Waals surface area contributed by atoms with Crippen molar-refractivity contribution < 1.29 is 14.6 Å². The van der Waals surface area contributed by atoms with Crippen molar-refractivity contribution in [3.8, 4) is 11.5 Å². The summed E-state index contributed by atoms with van der Waals surface area (Å²) in [7, 11) is 0. The van der Waals surface area contributed by atoms with Gasteiger partial charge in [-0.3, -0.25) is 4.79 Å². The number of aromatic amines is 1. The van der Waals surface area contributed by atoms with Crippen LogP contribution in [0.15, 0.2) is 54.6 Å². The lowest BCUT2D eigenvalue weighted by molar-refractivity contribution is 0.0357. The fraction of sp³-hybridized carbons (Fsp3) is 0.375. The molecule has 1 aromatic heterocycles. The standard InChI is InChI=1S/C24H28N2O3/c1-24(2,28)16-17-10-12-26(13-11-17)23(27)22-15-18-14-20(8-9-21(18)25-22)29-19-6-4-3-5-7-19/h3-9,14-15,17,25,28H,10-13,16H2,1-2H3. The second-order valence-corrected chi connectivity index (χ2v) is 8.60. The Morgan fingerprint density at radius 3 is 2.52 bits per heavy atom. The molecule has 29 heavy (non-hydrogen) atoms. The number of para-hydroxylation sites is 1. The number of nitrogens with zero attached hydrogens (tertiary/aromatic N) is 1. The molecule has 2 aromatic carbocycles. The number of rotatable bonds is 5. The SMILES string of the molecule is CC(C)(O)CC1CCN(C(=O)c2cc3cc(Oc4ccccc4)ccc3[nH]2)CC1. The Hall–Kier alpha value is -2.79. The number of amides is 1. The van der Waals surface area contributed by atoms with Crippen LogP contribution in [-0.4, -0.2) is 39.6 Å². The zero-order valence-electron chi connectivity index (χ0n) is 17.0. The third-order valence-electron chi connectivity index (χ3n) is 5.49. The first-order chi connectivity index (χ1) is 13.9. The number of fused-ring (bicyclic) bond motifs is 1. The Bertz CT molecular complexity index is 980. The number of hydrogen-bond acceptors (Lipinski definition) is 3. The lowest BCUT2D eigenvalue weighted by atomic mass is 9.86. The summed E-state index contributed by atoms with van der Waals surface area (Å²) in [6.07, 6.45) is 2.65. The molecular formula is C24H28N2O3. The van der Waals surface area contributed by atoms with Gasteiger partial charge in [0.05, 0.1) is 5.60 Å². The molecule has 0 bridgehead atoms. The van der Waals surface area contributed by atoms with Crippen LogP contribution < -0.4 is 4.74 Å². The number of hydrogen-bond donors (Lipinski definition) is 2. The van der Waals surface area contributed by atoms with E-state index < -0.39 is 5.60 Å². The number of carbonyl (C=O) groups excluding carboxylic acids is 1. The highest BCUT2D eigenvalue weighted by atomic mass is 16.5. The van der Waals surface area contributed by atoms with E-state index in [9.17, 15) is 9.90 Å². The van der Waals surface area contributed by atoms with E-state index in [0.29, 0.717) is 11.6 Å². The summed E-state index contributed by atoms with van der Waals surface area (Å²) >= 11 is 0. The van der Waals surface area contributed by atoms with Crippen LogP contribution >= 0.6 is 0 Å². The molecule has 2 heterocycles. The average molecular weight is 392 g/mol. The van der Waals surface area contributed by atoms with Crippen LogP contribution in [0.25, 0.3) is 10.9 Å². The Balaban J connectivity index is 1.43. The molecule has 0 radical (unpaired) electrons. The van der Waals surface area contributed by atoms with Crippen molar-refractivity contribution in [1.82, 2.24) is 9.88 Å². The minimum Gasteiger partial charge on any atom is -0.457 e. The van der Waals surface area contributed by atoms with Crippen LogP contribution in [0.5, 0.6) is 11.5 Å². The molecule has 152 valence electrons. The van der Waals surface area contributed by atoms with Crippen LogP contribution in [0, 0.1) is 5.92 Å². The van der Waals surface area contributed by atoms with Gasteiger partial charge < -0.3 is 19.7 Å². The fourth-order valence-corrected chi connectivity index (χ4v) is 4.13. The van der Waals surface area contributed by atoms with E-state index in [1.54, 1.807) is 0 Å². The van der Waals surface area contributed by atoms with Gasteiger partial charge in [-0.05, 0) is 75.4 Å². The number of aromatic nitrogens is 1. The number of likely N-dealkylation sites (tertiary alicyclic amines) is 1. The summed E-state index contributed by atoms with van der Waals surface area (Å²) in [6.45, 7) is 5.17. The van der Waals surface area contributed by atoms with E-state index in [1.165, 1.54) is 0 Å². The van der Waals surface area contributed by atoms with Crippen LogP contribution in [0.1, 0.15) is 43.6 Å². The van der Waals surface area contributed by atoms with Crippen LogP contribution in [0.3, 0.4) is 0 Å². The van der Waals surface area contributed by atoms with Crippen molar-refractivity contribution in [3.05, 3.63) is 60.3 Å². The Labute approximate surface area is 171 Å². The first kappa shape index (κ1) is 19.5. The maximum Gasteiger partial charge on any atom is 0.270 e. The molecule has 5 nitrogen and oxygen atoms in total. The largest absolute Gasteiger partial charge is 0.457 e. The second-order valence-electron chi connectivity index (χ2n) is 8.60. The van der Waals surface area contributed by atoms with Gasteiger partial charge in [-0.1, -0.05) is 18.2 Å². The first-order valence-electron chi connectivity index (χ1n) is 10.2. The number of nitrogens with one attached hydrogen (secondary N) is 1. The highest BCUT2D eigenvalue weighted by Crippen LogP contribution is 2.29. The highest BCUT2D eigenvalue weighted by Gasteiger charge is 2.28. The van der Waals surface area contributed by atoms with Gasteiger partial charge in [-0.2, -0.15) is 0 Å². The molecule has 4 rings (SSSR count).